The van der Waals surface area contributed by atoms with Crippen LogP contribution in [-0.4, -0.2) is 24.5 Å². The Morgan fingerprint density at radius 2 is 0.746 bits per heavy atom. The largest absolute Gasteiger partial charge is 3.00 e. The quantitative estimate of drug-likeness (QED) is 0.121. The number of benzene rings is 9. The Balaban J connectivity index is 0.00000547. The van der Waals surface area contributed by atoms with Crippen LogP contribution in [0.5, 0.6) is 0 Å². The third kappa shape index (κ3) is 9.26. The molecule has 0 saturated carbocycles. The van der Waals surface area contributed by atoms with Crippen molar-refractivity contribution < 1.29 is 20.1 Å². The summed E-state index contributed by atoms with van der Waals surface area (Å²) in [6.45, 7) is 0. The van der Waals surface area contributed by atoms with Crippen LogP contribution in [0.4, 0.5) is 0 Å². The van der Waals surface area contributed by atoms with Gasteiger partial charge in [0.05, 0.1) is 0 Å². The first-order valence-corrected chi connectivity index (χ1v) is 23.3. The molecule has 0 aliphatic carbocycles. The monoisotopic (exact) mass is 1090 g/mol. The number of hydrogen-bond acceptors (Lipinski definition) is 3. The van der Waals surface area contributed by atoms with Gasteiger partial charge in [0.2, 0.25) is 0 Å². The maximum Gasteiger partial charge on any atom is 3.00 e. The summed E-state index contributed by atoms with van der Waals surface area (Å²) < 4.78 is 3.66. The van der Waals surface area contributed by atoms with E-state index in [1.807, 2.05) is 52.2 Å². The summed E-state index contributed by atoms with van der Waals surface area (Å²) in [7, 11) is 0. The van der Waals surface area contributed by atoms with Crippen molar-refractivity contribution in [2.24, 2.45) is 0 Å². The van der Waals surface area contributed by atoms with Gasteiger partial charge in [-0.2, -0.15) is 46.6 Å². The molecule has 0 radical (unpaired) electrons. The van der Waals surface area contributed by atoms with Crippen molar-refractivity contribution in [1.82, 2.24) is 24.5 Å². The predicted octanol–water partition coefficient (Wildman–Crippen LogP) is 15.9. The molecule has 9 aromatic carbocycles. The molecule has 0 bridgehead atoms. The van der Waals surface area contributed by atoms with Crippen molar-refractivity contribution >= 4 is 0 Å². The SMILES string of the molecule is [Ir+3].[c-]1ccc(-c2ccc(-c3ccccc3)cc2)cc1-c1ccc(-c2ccccc2-c2cc(-c3ccccc3-c3c[c-]c(-n4cccn4)cc3)cc(-c3ccccc3-c3c[c-]c(-n4cccn4)cc3)c2)cn1. The van der Waals surface area contributed by atoms with Gasteiger partial charge in [-0.3, -0.25) is 9.36 Å². The average molecular weight is 1090 g/mol. The molecule has 0 saturated heterocycles. The molecule has 0 spiro atoms. The Kier molecular flexibility index (Phi) is 12.6. The van der Waals surface area contributed by atoms with E-state index in [0.717, 1.165) is 101 Å². The molecule has 6 heteroatoms. The van der Waals surface area contributed by atoms with Gasteiger partial charge in [-0.25, -0.2) is 0 Å². The third-order valence-corrected chi connectivity index (χ3v) is 12.8. The van der Waals surface area contributed by atoms with E-state index in [4.69, 9.17) is 4.98 Å². The van der Waals surface area contributed by atoms with Gasteiger partial charge in [-0.05, 0) is 109 Å². The number of rotatable bonds is 11. The van der Waals surface area contributed by atoms with Gasteiger partial charge in [0.15, 0.2) is 0 Å². The minimum Gasteiger partial charge on any atom is -0.304 e. The second-order valence-electron chi connectivity index (χ2n) is 17.1. The Labute approximate surface area is 427 Å². The zero-order valence-corrected chi connectivity index (χ0v) is 40.7. The Hall–Kier alpha value is -8.80. The molecule has 0 fully saturated rings. The molecular formula is C65H42IrN5. The number of nitrogens with zero attached hydrogens (tertiary/aromatic N) is 5. The molecule has 336 valence electrons. The molecule has 0 N–H and O–H groups in total. The van der Waals surface area contributed by atoms with Gasteiger partial charge in [0, 0.05) is 31.0 Å². The summed E-state index contributed by atoms with van der Waals surface area (Å²) in [4.78, 5) is 5.07. The van der Waals surface area contributed by atoms with E-state index in [2.05, 4.69) is 229 Å². The van der Waals surface area contributed by atoms with Crippen molar-refractivity contribution in [3.05, 3.63) is 274 Å². The van der Waals surface area contributed by atoms with Crippen LogP contribution in [-0.2, 0) is 20.1 Å². The standard InChI is InChI=1S/C65H42N5.Ir/c1-2-13-46(14-3-1)47-23-25-48(26-24-47)51-15-10-16-52(41-51)65-36-31-53(45-66-65)61-19-6-9-22-64(61)56-43-54(62-20-7-4-17-59(62)49-27-32-57(33-28-49)69-39-11-37-67-69)42-55(44-56)63-21-8-5-18-60(63)50-29-34-58(35-30-50)70-40-12-38-68-70;/h1-15,17-32,34,36-45H;/q-3;+3. The second-order valence-corrected chi connectivity index (χ2v) is 17.1. The van der Waals surface area contributed by atoms with Crippen LogP contribution in [0.1, 0.15) is 0 Å². The summed E-state index contributed by atoms with van der Waals surface area (Å²) in [5.74, 6) is 0. The summed E-state index contributed by atoms with van der Waals surface area (Å²) >= 11 is 0. The van der Waals surface area contributed by atoms with E-state index in [1.54, 1.807) is 12.4 Å². The Morgan fingerprint density at radius 3 is 1.18 bits per heavy atom. The van der Waals surface area contributed by atoms with Crippen molar-refractivity contribution in [1.29, 1.82) is 0 Å². The molecular weight excluding hydrogens is 1040 g/mol. The van der Waals surface area contributed by atoms with Crippen LogP contribution in [0.15, 0.2) is 255 Å². The van der Waals surface area contributed by atoms with Gasteiger partial charge in [0.1, 0.15) is 0 Å². The fraction of sp³-hybridized carbons (Fsp3) is 0. The van der Waals surface area contributed by atoms with Gasteiger partial charge in [-0.1, -0.05) is 151 Å². The first-order chi connectivity index (χ1) is 34.7. The molecule has 0 aliphatic rings. The fourth-order valence-electron chi connectivity index (χ4n) is 9.32. The van der Waals surface area contributed by atoms with Crippen molar-refractivity contribution in [2.75, 3.05) is 0 Å². The van der Waals surface area contributed by atoms with Crippen LogP contribution >= 0.6 is 0 Å². The molecule has 0 unspecified atom stereocenters. The second kappa shape index (κ2) is 20.0. The van der Waals surface area contributed by atoms with Crippen LogP contribution < -0.4 is 0 Å². The van der Waals surface area contributed by atoms with Crippen LogP contribution in [0.2, 0.25) is 0 Å². The zero-order valence-electron chi connectivity index (χ0n) is 38.3. The van der Waals surface area contributed by atoms with Crippen molar-refractivity contribution in [3.63, 3.8) is 0 Å². The minimum absolute atomic E-state index is 0. The van der Waals surface area contributed by atoms with Crippen LogP contribution in [0.25, 0.3) is 112 Å². The van der Waals surface area contributed by atoms with E-state index in [-0.39, 0.29) is 20.1 Å². The smallest absolute Gasteiger partial charge is 0.304 e. The summed E-state index contributed by atoms with van der Waals surface area (Å²) in [6, 6.07) is 89.5. The van der Waals surface area contributed by atoms with E-state index in [0.29, 0.717) is 0 Å². The first-order valence-electron chi connectivity index (χ1n) is 23.3. The Morgan fingerprint density at radius 1 is 0.324 bits per heavy atom. The molecule has 3 heterocycles. The van der Waals surface area contributed by atoms with E-state index < -0.39 is 0 Å². The third-order valence-electron chi connectivity index (χ3n) is 12.8. The summed E-state index contributed by atoms with van der Waals surface area (Å²) in [6.07, 6.45) is 9.42. The predicted molar refractivity (Wildman–Crippen MR) is 284 cm³/mol. The molecule has 71 heavy (non-hydrogen) atoms. The minimum atomic E-state index is 0. The van der Waals surface area contributed by atoms with Gasteiger partial charge >= 0.3 is 20.1 Å². The normalized spacial score (nSPS) is 11.0. The summed E-state index contributed by atoms with van der Waals surface area (Å²) in [5, 5.41) is 8.84. The van der Waals surface area contributed by atoms with Crippen LogP contribution in [0.3, 0.4) is 0 Å². The maximum absolute atomic E-state index is 5.07. The zero-order chi connectivity index (χ0) is 46.6. The van der Waals surface area contributed by atoms with E-state index >= 15 is 0 Å². The number of aromatic nitrogens is 5. The van der Waals surface area contributed by atoms with Gasteiger partial charge in [-0.15, -0.1) is 58.7 Å². The average Bonchev–Trinajstić information content (AvgIpc) is 4.21. The molecule has 12 rings (SSSR count). The van der Waals surface area contributed by atoms with Crippen molar-refractivity contribution in [3.8, 4) is 112 Å². The van der Waals surface area contributed by atoms with E-state index in [9.17, 15) is 0 Å². The molecule has 5 nitrogen and oxygen atoms in total. The molecule has 0 amide bonds. The number of hydrogen-bond donors (Lipinski definition) is 0. The molecule has 12 aromatic rings. The van der Waals surface area contributed by atoms with Crippen LogP contribution in [0, 0.1) is 18.2 Å². The van der Waals surface area contributed by atoms with E-state index in [1.165, 1.54) is 11.1 Å². The number of pyridine rings is 1. The Bertz CT molecular complexity index is 3580. The fourth-order valence-corrected chi connectivity index (χ4v) is 9.32. The molecule has 3 aromatic heterocycles. The first kappa shape index (κ1) is 44.7. The maximum atomic E-state index is 5.07. The summed E-state index contributed by atoms with van der Waals surface area (Å²) in [5.41, 5.74) is 21.4. The van der Waals surface area contributed by atoms with Gasteiger partial charge in [0.25, 0.3) is 0 Å². The molecule has 0 aliphatic heterocycles. The molecule has 0 atom stereocenters. The van der Waals surface area contributed by atoms with Gasteiger partial charge < -0.3 is 4.98 Å². The topological polar surface area (TPSA) is 48.5 Å². The van der Waals surface area contributed by atoms with Crippen molar-refractivity contribution in [2.45, 2.75) is 0 Å².